The summed E-state index contributed by atoms with van der Waals surface area (Å²) in [5.41, 5.74) is 6.90. The lowest BCUT2D eigenvalue weighted by Gasteiger charge is -2.12. The van der Waals surface area contributed by atoms with Crippen LogP contribution in [0.15, 0.2) is 138 Å². The third-order valence-corrected chi connectivity index (χ3v) is 7.82. The van der Waals surface area contributed by atoms with E-state index in [-0.39, 0.29) is 17.4 Å². The highest BCUT2D eigenvalue weighted by Crippen LogP contribution is 2.24. The molecule has 0 saturated heterocycles. The maximum Gasteiger partial charge on any atom is 0.272 e. The predicted octanol–water partition coefficient (Wildman–Crippen LogP) is 8.11. The molecule has 5 aromatic rings. The summed E-state index contributed by atoms with van der Waals surface area (Å²) in [5, 5.41) is 8.63. The molecule has 0 saturated carbocycles. The van der Waals surface area contributed by atoms with Crippen molar-refractivity contribution < 1.29 is 14.4 Å². The Morgan fingerprint density at radius 2 is 1.29 bits per heavy atom. The number of hydrogen-bond donors (Lipinski definition) is 3. The second kappa shape index (κ2) is 14.9. The molecule has 0 bridgehead atoms. The third-order valence-electron chi connectivity index (χ3n) is 6.82. The zero-order chi connectivity index (χ0) is 31.6. The average molecular weight is 612 g/mol. The van der Waals surface area contributed by atoms with Crippen LogP contribution in [0.5, 0.6) is 0 Å². The summed E-state index contributed by atoms with van der Waals surface area (Å²) in [6.45, 7) is 3.99. The van der Waals surface area contributed by atoms with Crippen LogP contribution < -0.4 is 16.0 Å². The second-order valence-electron chi connectivity index (χ2n) is 10.6. The zero-order valence-electron chi connectivity index (χ0n) is 25.0. The summed E-state index contributed by atoms with van der Waals surface area (Å²) in [5.74, 6) is -0.772. The second-order valence-corrected chi connectivity index (χ2v) is 11.6. The summed E-state index contributed by atoms with van der Waals surface area (Å²) in [7, 11) is 0. The molecular formula is C38H33N3O3S. The monoisotopic (exact) mass is 611 g/mol. The van der Waals surface area contributed by atoms with Crippen molar-refractivity contribution in [2.24, 2.45) is 0 Å². The number of anilines is 2. The molecule has 5 rings (SSSR count). The van der Waals surface area contributed by atoms with Gasteiger partial charge in [-0.25, -0.2) is 0 Å². The molecule has 0 aliphatic rings. The van der Waals surface area contributed by atoms with Crippen LogP contribution in [0.4, 0.5) is 11.4 Å². The van der Waals surface area contributed by atoms with Crippen molar-refractivity contribution in [2.45, 2.75) is 18.7 Å². The summed E-state index contributed by atoms with van der Waals surface area (Å²) >= 11 is 1.37. The van der Waals surface area contributed by atoms with Gasteiger partial charge in [-0.3, -0.25) is 14.4 Å². The minimum absolute atomic E-state index is 0.0993. The smallest absolute Gasteiger partial charge is 0.272 e. The molecule has 5 aromatic carbocycles. The molecule has 3 amide bonds. The summed E-state index contributed by atoms with van der Waals surface area (Å²) in [4.78, 5) is 40.0. The molecular weight excluding hydrogens is 579 g/mol. The molecule has 3 N–H and O–H groups in total. The standard InChI is InChI=1S/C38H33N3O3S/c1-26-20-27(2)22-33(21-26)39-36(42)25-45-34-15-9-14-32(24-34)40-38(44)35(41-37(43)31-12-7-4-8-13-31)23-28-16-18-30(19-17-28)29-10-5-3-6-11-29/h3-24H,25H2,1-2H3,(H,39,42)(H,40,44)(H,41,43)/b35-23+. The summed E-state index contributed by atoms with van der Waals surface area (Å²) in [6, 6.07) is 39.7. The maximum atomic E-state index is 13.5. The van der Waals surface area contributed by atoms with Gasteiger partial charge in [0.2, 0.25) is 5.91 Å². The summed E-state index contributed by atoms with van der Waals surface area (Å²) < 4.78 is 0. The molecule has 6 nitrogen and oxygen atoms in total. The van der Waals surface area contributed by atoms with Crippen LogP contribution in [0.1, 0.15) is 27.0 Å². The number of carbonyl (C=O) groups is 3. The Hall–Kier alpha value is -5.40. The number of carbonyl (C=O) groups excluding carboxylic acids is 3. The Labute approximate surface area is 267 Å². The molecule has 0 heterocycles. The molecule has 0 atom stereocenters. The fourth-order valence-corrected chi connectivity index (χ4v) is 5.52. The Balaban J connectivity index is 1.29. The lowest BCUT2D eigenvalue weighted by Crippen LogP contribution is -2.30. The van der Waals surface area contributed by atoms with Crippen LogP contribution in [-0.4, -0.2) is 23.5 Å². The van der Waals surface area contributed by atoms with Crippen molar-refractivity contribution in [1.29, 1.82) is 0 Å². The van der Waals surface area contributed by atoms with Crippen LogP contribution in [0.3, 0.4) is 0 Å². The van der Waals surface area contributed by atoms with Crippen LogP contribution in [-0.2, 0) is 9.59 Å². The molecule has 0 radical (unpaired) electrons. The molecule has 0 aliphatic heterocycles. The van der Waals surface area contributed by atoms with E-state index in [1.54, 1.807) is 42.5 Å². The molecule has 0 spiro atoms. The lowest BCUT2D eigenvalue weighted by atomic mass is 10.0. The largest absolute Gasteiger partial charge is 0.325 e. The fourth-order valence-electron chi connectivity index (χ4n) is 4.77. The highest BCUT2D eigenvalue weighted by atomic mass is 32.2. The van der Waals surface area contributed by atoms with Crippen molar-refractivity contribution >= 4 is 46.9 Å². The first-order chi connectivity index (χ1) is 21.8. The van der Waals surface area contributed by atoms with Crippen molar-refractivity contribution in [3.05, 3.63) is 155 Å². The number of aryl methyl sites for hydroxylation is 2. The van der Waals surface area contributed by atoms with Gasteiger partial charge in [0.05, 0.1) is 5.75 Å². The van der Waals surface area contributed by atoms with Gasteiger partial charge in [-0.1, -0.05) is 84.9 Å². The van der Waals surface area contributed by atoms with Gasteiger partial charge in [-0.15, -0.1) is 11.8 Å². The Bertz CT molecular complexity index is 1820. The number of thioether (sulfide) groups is 1. The highest BCUT2D eigenvalue weighted by Gasteiger charge is 2.16. The minimum Gasteiger partial charge on any atom is -0.325 e. The van der Waals surface area contributed by atoms with Gasteiger partial charge in [-0.2, -0.15) is 0 Å². The van der Waals surface area contributed by atoms with E-state index in [1.165, 1.54) is 11.8 Å². The van der Waals surface area contributed by atoms with E-state index in [2.05, 4.69) is 22.0 Å². The van der Waals surface area contributed by atoms with E-state index < -0.39 is 11.8 Å². The van der Waals surface area contributed by atoms with Gasteiger partial charge in [0.1, 0.15) is 5.70 Å². The molecule has 0 unspecified atom stereocenters. The van der Waals surface area contributed by atoms with E-state index >= 15 is 0 Å². The normalized spacial score (nSPS) is 11.0. The SMILES string of the molecule is Cc1cc(C)cc(NC(=O)CSc2cccc(NC(=O)/C(=C\c3ccc(-c4ccccc4)cc3)NC(=O)c3ccccc3)c2)c1. The third kappa shape index (κ3) is 9.05. The van der Waals surface area contributed by atoms with Crippen LogP contribution in [0.2, 0.25) is 0 Å². The fraction of sp³-hybridized carbons (Fsp3) is 0.0789. The Morgan fingerprint density at radius 1 is 0.644 bits per heavy atom. The van der Waals surface area contributed by atoms with Crippen molar-refractivity contribution in [3.8, 4) is 11.1 Å². The van der Waals surface area contributed by atoms with Gasteiger partial charge in [0.25, 0.3) is 11.8 Å². The van der Waals surface area contributed by atoms with Crippen molar-refractivity contribution in [2.75, 3.05) is 16.4 Å². The van der Waals surface area contributed by atoms with E-state index in [0.717, 1.165) is 38.4 Å². The van der Waals surface area contributed by atoms with Gasteiger partial charge in [0, 0.05) is 21.8 Å². The Kier molecular flexibility index (Phi) is 10.2. The number of amides is 3. The number of nitrogens with one attached hydrogen (secondary N) is 3. The number of benzene rings is 5. The number of rotatable bonds is 10. The van der Waals surface area contributed by atoms with Crippen molar-refractivity contribution in [3.63, 3.8) is 0 Å². The lowest BCUT2D eigenvalue weighted by molar-refractivity contribution is -0.114. The van der Waals surface area contributed by atoms with Crippen LogP contribution in [0.25, 0.3) is 17.2 Å². The topological polar surface area (TPSA) is 87.3 Å². The minimum atomic E-state index is -0.471. The predicted molar refractivity (Wildman–Crippen MR) is 184 cm³/mol. The van der Waals surface area contributed by atoms with E-state index in [4.69, 9.17) is 0 Å². The van der Waals surface area contributed by atoms with E-state index in [9.17, 15) is 14.4 Å². The van der Waals surface area contributed by atoms with Gasteiger partial charge < -0.3 is 16.0 Å². The first kappa shape index (κ1) is 31.0. The molecule has 0 aliphatic carbocycles. The van der Waals surface area contributed by atoms with Crippen molar-refractivity contribution in [1.82, 2.24) is 5.32 Å². The van der Waals surface area contributed by atoms with E-state index in [0.29, 0.717) is 11.3 Å². The quantitative estimate of drug-likeness (QED) is 0.110. The maximum absolute atomic E-state index is 13.5. The molecule has 45 heavy (non-hydrogen) atoms. The molecule has 7 heteroatoms. The molecule has 224 valence electrons. The van der Waals surface area contributed by atoms with Gasteiger partial charge in [-0.05, 0) is 90.2 Å². The zero-order valence-corrected chi connectivity index (χ0v) is 25.9. The first-order valence-electron chi connectivity index (χ1n) is 14.5. The Morgan fingerprint density at radius 3 is 1.98 bits per heavy atom. The number of hydrogen-bond acceptors (Lipinski definition) is 4. The van der Waals surface area contributed by atoms with E-state index in [1.807, 2.05) is 98.8 Å². The van der Waals surface area contributed by atoms with Gasteiger partial charge >= 0.3 is 0 Å². The van der Waals surface area contributed by atoms with Crippen LogP contribution in [0, 0.1) is 13.8 Å². The molecule has 0 aromatic heterocycles. The van der Waals surface area contributed by atoms with Gasteiger partial charge in [0.15, 0.2) is 0 Å². The molecule has 0 fully saturated rings. The summed E-state index contributed by atoms with van der Waals surface area (Å²) in [6.07, 6.45) is 1.65. The first-order valence-corrected chi connectivity index (χ1v) is 15.5. The average Bonchev–Trinajstić information content (AvgIpc) is 3.04. The van der Waals surface area contributed by atoms with Crippen LogP contribution >= 0.6 is 11.8 Å². The highest BCUT2D eigenvalue weighted by molar-refractivity contribution is 8.00.